The first-order chi connectivity index (χ1) is 17.1. The van der Waals surface area contributed by atoms with Crippen molar-refractivity contribution in [3.63, 3.8) is 0 Å². The van der Waals surface area contributed by atoms with E-state index in [0.29, 0.717) is 0 Å². The summed E-state index contributed by atoms with van der Waals surface area (Å²) in [5, 5.41) is 11.5. The summed E-state index contributed by atoms with van der Waals surface area (Å²) in [4.78, 5) is 24.4. The molecule has 0 saturated carbocycles. The average molecular weight is 578 g/mol. The summed E-state index contributed by atoms with van der Waals surface area (Å²) in [6, 6.07) is 4.93. The lowest BCUT2D eigenvalue weighted by molar-refractivity contribution is -0.348. The molecule has 6 nitrogen and oxygen atoms in total. The van der Waals surface area contributed by atoms with Gasteiger partial charge >= 0.3 is 24.1 Å². The highest BCUT2D eigenvalue weighted by Gasteiger charge is 2.73. The number of rotatable bonds is 7. The molecule has 0 radical (unpaired) electrons. The summed E-state index contributed by atoms with van der Waals surface area (Å²) in [5.41, 5.74) is -9.03. The maximum absolute atomic E-state index is 14.3. The van der Waals surface area contributed by atoms with Gasteiger partial charge in [-0.15, -0.1) is 0 Å². The second-order valence-electron chi connectivity index (χ2n) is 7.10. The Kier molecular flexibility index (Phi) is 9.21. The second kappa shape index (κ2) is 11.4. The van der Waals surface area contributed by atoms with Crippen molar-refractivity contribution in [2.75, 3.05) is 23.9 Å². The average Bonchev–Trinajstić information content (AvgIpc) is 2.79. The Bertz CT molecular complexity index is 1190. The summed E-state index contributed by atoms with van der Waals surface area (Å²) in [7, 11) is 0. The number of hydrogen-bond acceptors (Lipinski definition) is 4. The molecule has 0 aliphatic rings. The molecular formula is C21H13Cl2F8N3O3. The van der Waals surface area contributed by atoms with E-state index in [0.717, 1.165) is 18.2 Å². The van der Waals surface area contributed by atoms with E-state index in [2.05, 4.69) is 15.4 Å². The molecule has 0 saturated heterocycles. The first-order valence-corrected chi connectivity index (χ1v) is 10.5. The summed E-state index contributed by atoms with van der Waals surface area (Å²) in [6.07, 6.45) is -14.0. The Labute approximate surface area is 213 Å². The van der Waals surface area contributed by atoms with Gasteiger partial charge in [-0.3, -0.25) is 14.5 Å². The van der Waals surface area contributed by atoms with E-state index < -0.39 is 58.0 Å². The number of carbonyl (C=O) groups excluding carboxylic acids is 2. The zero-order valence-electron chi connectivity index (χ0n) is 18.0. The van der Waals surface area contributed by atoms with E-state index in [1.807, 2.05) is 0 Å². The van der Waals surface area contributed by atoms with E-state index in [9.17, 15) is 50.0 Å². The number of carbonyl (C=O) groups is 2. The predicted molar refractivity (Wildman–Crippen MR) is 116 cm³/mol. The summed E-state index contributed by atoms with van der Waals surface area (Å²) in [5.74, 6) is -1.08. The number of nitriles is 1. The minimum atomic E-state index is -6.42. The first-order valence-electron chi connectivity index (χ1n) is 9.74. The van der Waals surface area contributed by atoms with Crippen LogP contribution in [0.1, 0.15) is 27.9 Å². The third kappa shape index (κ3) is 6.53. The molecular weight excluding hydrogens is 565 g/mol. The number of nitrogens with one attached hydrogen (secondary N) is 2. The highest BCUT2D eigenvalue weighted by atomic mass is 35.5. The van der Waals surface area contributed by atoms with Crippen LogP contribution in [0.15, 0.2) is 30.3 Å². The molecule has 0 atom stereocenters. The molecule has 0 aliphatic carbocycles. The summed E-state index contributed by atoms with van der Waals surface area (Å²) >= 11 is 11.5. The van der Waals surface area contributed by atoms with Crippen molar-refractivity contribution in [2.24, 2.45) is 0 Å². The van der Waals surface area contributed by atoms with Crippen molar-refractivity contribution in [3.05, 3.63) is 57.1 Å². The van der Waals surface area contributed by atoms with Crippen LogP contribution in [0.4, 0.5) is 51.3 Å². The van der Waals surface area contributed by atoms with Gasteiger partial charge in [-0.1, -0.05) is 23.2 Å². The summed E-state index contributed by atoms with van der Waals surface area (Å²) in [6.45, 7) is -1.03. The van der Waals surface area contributed by atoms with Gasteiger partial charge < -0.3 is 10.1 Å². The molecule has 0 spiro atoms. The number of benzene rings is 2. The van der Waals surface area contributed by atoms with Crippen LogP contribution in [0, 0.1) is 11.3 Å². The van der Waals surface area contributed by atoms with E-state index in [-0.39, 0.29) is 42.0 Å². The Morgan fingerprint density at radius 2 is 1.51 bits per heavy atom. The van der Waals surface area contributed by atoms with Crippen LogP contribution in [-0.2, 0) is 10.4 Å². The number of nitrogens with zero attached hydrogens (tertiary/aromatic N) is 1. The normalized spacial score (nSPS) is 12.0. The zero-order chi connectivity index (χ0) is 28.2. The molecule has 0 fully saturated rings. The van der Waals surface area contributed by atoms with Gasteiger partial charge in [-0.25, -0.2) is 9.18 Å². The van der Waals surface area contributed by atoms with Crippen LogP contribution in [0.2, 0.25) is 10.0 Å². The number of anilines is 2. The number of ether oxygens (including phenoxy) is 1. The van der Waals surface area contributed by atoms with E-state index in [1.165, 1.54) is 0 Å². The number of halogens is 10. The molecule has 2 N–H and O–H groups in total. The van der Waals surface area contributed by atoms with Crippen LogP contribution in [0.25, 0.3) is 0 Å². The van der Waals surface area contributed by atoms with Gasteiger partial charge in [0.15, 0.2) is 0 Å². The van der Waals surface area contributed by atoms with Gasteiger partial charge in [0.05, 0.1) is 40.3 Å². The standard InChI is InChI=1S/C21H13Cl2F8N3O3/c22-13-7-12(19(25,20(26,27)28)21(29,30)31)8-14(23)16(13)34-17(35)10-2-3-11(9-32)15(6-10)33-18(36)37-5-1-4-24/h2-3,6-8H,1,4-5H2,(H,33,36)(H,34,35). The van der Waals surface area contributed by atoms with E-state index in [4.69, 9.17) is 23.2 Å². The highest BCUT2D eigenvalue weighted by molar-refractivity contribution is 6.40. The molecule has 2 aromatic carbocycles. The fraction of sp³-hybridized carbons (Fsp3) is 0.286. The Morgan fingerprint density at radius 1 is 0.946 bits per heavy atom. The van der Waals surface area contributed by atoms with Crippen molar-refractivity contribution in [1.29, 1.82) is 5.26 Å². The zero-order valence-corrected chi connectivity index (χ0v) is 19.5. The predicted octanol–water partition coefficient (Wildman–Crippen LogP) is 7.31. The second-order valence-corrected chi connectivity index (χ2v) is 7.91. The molecule has 200 valence electrons. The molecule has 0 heterocycles. The quantitative estimate of drug-likeness (QED) is 0.266. The molecule has 2 amide bonds. The van der Waals surface area contributed by atoms with Crippen LogP contribution >= 0.6 is 23.2 Å². The third-order valence-corrected chi connectivity index (χ3v) is 5.21. The number of amides is 2. The SMILES string of the molecule is N#Cc1ccc(C(=O)Nc2c(Cl)cc(C(F)(C(F)(F)F)C(F)(F)F)cc2Cl)cc1NC(=O)OCCCF. The van der Waals surface area contributed by atoms with E-state index in [1.54, 1.807) is 6.07 Å². The lowest BCUT2D eigenvalue weighted by Gasteiger charge is -2.30. The molecule has 0 bridgehead atoms. The van der Waals surface area contributed by atoms with Crippen molar-refractivity contribution < 1.29 is 49.4 Å². The van der Waals surface area contributed by atoms with E-state index >= 15 is 0 Å². The molecule has 16 heteroatoms. The van der Waals surface area contributed by atoms with Gasteiger partial charge in [-0.05, 0) is 30.3 Å². The topological polar surface area (TPSA) is 91.2 Å². The number of hydrogen-bond donors (Lipinski definition) is 2. The van der Waals surface area contributed by atoms with Gasteiger partial charge in [-0.2, -0.15) is 31.6 Å². The van der Waals surface area contributed by atoms with Crippen LogP contribution in [0.3, 0.4) is 0 Å². The van der Waals surface area contributed by atoms with Crippen LogP contribution in [-0.4, -0.2) is 37.6 Å². The molecule has 0 aromatic heterocycles. The molecule has 2 aromatic rings. The molecule has 0 unspecified atom stereocenters. The maximum atomic E-state index is 14.3. The smallest absolute Gasteiger partial charge is 0.435 e. The Hall–Kier alpha value is -3.31. The van der Waals surface area contributed by atoms with Crippen molar-refractivity contribution in [2.45, 2.75) is 24.4 Å². The highest BCUT2D eigenvalue weighted by Crippen LogP contribution is 2.54. The van der Waals surface area contributed by atoms with Gasteiger partial charge in [0.1, 0.15) is 6.07 Å². The first kappa shape index (κ1) is 29.9. The van der Waals surface area contributed by atoms with Gasteiger partial charge in [0.2, 0.25) is 0 Å². The third-order valence-electron chi connectivity index (χ3n) is 4.61. The lowest BCUT2D eigenvalue weighted by Crippen LogP contribution is -2.50. The molecule has 2 rings (SSSR count). The fourth-order valence-corrected chi connectivity index (χ4v) is 3.40. The van der Waals surface area contributed by atoms with Crippen molar-refractivity contribution in [1.82, 2.24) is 0 Å². The van der Waals surface area contributed by atoms with Crippen LogP contribution < -0.4 is 10.6 Å². The van der Waals surface area contributed by atoms with Crippen molar-refractivity contribution in [3.8, 4) is 6.07 Å². The lowest BCUT2D eigenvalue weighted by atomic mass is 9.94. The minimum Gasteiger partial charge on any atom is -0.449 e. The fourth-order valence-electron chi connectivity index (χ4n) is 2.82. The monoisotopic (exact) mass is 577 g/mol. The Balaban J connectivity index is 2.38. The maximum Gasteiger partial charge on any atom is 0.435 e. The number of alkyl halides is 8. The largest absolute Gasteiger partial charge is 0.449 e. The van der Waals surface area contributed by atoms with Gasteiger partial charge in [0.25, 0.3) is 5.91 Å². The Morgan fingerprint density at radius 3 is 2.00 bits per heavy atom. The van der Waals surface area contributed by atoms with Crippen LogP contribution in [0.5, 0.6) is 0 Å². The molecule has 0 aliphatic heterocycles. The summed E-state index contributed by atoms with van der Waals surface area (Å²) < 4.78 is 109. The molecule has 37 heavy (non-hydrogen) atoms. The van der Waals surface area contributed by atoms with Crippen molar-refractivity contribution >= 4 is 46.6 Å². The minimum absolute atomic E-state index is 0.0171. The van der Waals surface area contributed by atoms with Gasteiger partial charge in [0, 0.05) is 17.5 Å².